The Morgan fingerprint density at radius 1 is 1.50 bits per heavy atom. The Balaban J connectivity index is 1.99. The monoisotopic (exact) mass is 267 g/mol. The van der Waals surface area contributed by atoms with Gasteiger partial charge in [-0.1, -0.05) is 36.7 Å². The van der Waals surface area contributed by atoms with Crippen molar-refractivity contribution in [2.45, 2.75) is 25.9 Å². The zero-order valence-electron chi connectivity index (χ0n) is 10.5. The van der Waals surface area contributed by atoms with Crippen LogP contribution in [0.25, 0.3) is 0 Å². The van der Waals surface area contributed by atoms with Crippen LogP contribution < -0.4 is 0 Å². The highest BCUT2D eigenvalue weighted by Crippen LogP contribution is 2.20. The lowest BCUT2D eigenvalue weighted by Gasteiger charge is -2.34. The summed E-state index contributed by atoms with van der Waals surface area (Å²) in [5.41, 5.74) is 0.845. The van der Waals surface area contributed by atoms with E-state index in [1.165, 1.54) is 0 Å². The van der Waals surface area contributed by atoms with E-state index in [0.29, 0.717) is 18.0 Å². The van der Waals surface area contributed by atoms with Crippen LogP contribution in [0.15, 0.2) is 24.3 Å². The molecule has 0 aliphatic carbocycles. The summed E-state index contributed by atoms with van der Waals surface area (Å²) in [5.74, 6) is 0.309. The van der Waals surface area contributed by atoms with Crippen LogP contribution in [0.5, 0.6) is 0 Å². The molecule has 98 valence electrons. The number of hydrogen-bond donors (Lipinski definition) is 1. The topological polar surface area (TPSA) is 40.5 Å². The van der Waals surface area contributed by atoms with Gasteiger partial charge in [-0.25, -0.2) is 0 Å². The summed E-state index contributed by atoms with van der Waals surface area (Å²) in [5, 5.41) is 10.4. The summed E-state index contributed by atoms with van der Waals surface area (Å²) in [6.45, 7) is 3.17. The van der Waals surface area contributed by atoms with E-state index in [1.54, 1.807) is 11.0 Å². The zero-order valence-corrected chi connectivity index (χ0v) is 11.2. The highest BCUT2D eigenvalue weighted by Gasteiger charge is 2.27. The minimum atomic E-state index is -0.408. The number of halogens is 1. The lowest BCUT2D eigenvalue weighted by molar-refractivity contribution is -0.134. The first-order chi connectivity index (χ1) is 8.58. The Kier molecular flexibility index (Phi) is 4.25. The highest BCUT2D eigenvalue weighted by molar-refractivity contribution is 6.31. The molecular weight excluding hydrogens is 250 g/mol. The quantitative estimate of drug-likeness (QED) is 0.892. The fourth-order valence-electron chi connectivity index (χ4n) is 2.19. The molecule has 1 aliphatic rings. The van der Waals surface area contributed by atoms with Crippen molar-refractivity contribution in [3.05, 3.63) is 34.9 Å². The van der Waals surface area contributed by atoms with Gasteiger partial charge in [-0.15, -0.1) is 0 Å². The van der Waals surface area contributed by atoms with Gasteiger partial charge in [0.25, 0.3) is 0 Å². The molecule has 1 aliphatic heterocycles. The molecular formula is C14H18ClNO2. The molecule has 0 radical (unpaired) electrons. The lowest BCUT2D eigenvalue weighted by Crippen LogP contribution is -2.46. The number of likely N-dealkylation sites (tertiary alicyclic amines) is 1. The highest BCUT2D eigenvalue weighted by atomic mass is 35.5. The number of β-amino-alcohol motifs (C(OH)–C–C–N with tert-alkyl or cyclic N) is 1. The minimum absolute atomic E-state index is 0.0362. The molecule has 1 heterocycles. The van der Waals surface area contributed by atoms with Crippen LogP contribution in [0.4, 0.5) is 0 Å². The van der Waals surface area contributed by atoms with Crippen LogP contribution in [0.3, 0.4) is 0 Å². The first-order valence-electron chi connectivity index (χ1n) is 6.27. The maximum Gasteiger partial charge on any atom is 0.227 e. The normalized spacial score (nSPS) is 24.1. The van der Waals surface area contributed by atoms with Gasteiger partial charge in [0.15, 0.2) is 0 Å². The number of hydrogen-bond acceptors (Lipinski definition) is 2. The first-order valence-corrected chi connectivity index (χ1v) is 6.65. The van der Waals surface area contributed by atoms with Crippen LogP contribution in [0, 0.1) is 5.92 Å². The number of carbonyl (C=O) groups is 1. The summed E-state index contributed by atoms with van der Waals surface area (Å²) in [6.07, 6.45) is 0.755. The number of carbonyl (C=O) groups excluding carboxylic acids is 1. The van der Waals surface area contributed by atoms with E-state index in [-0.39, 0.29) is 11.8 Å². The second-order valence-corrected chi connectivity index (χ2v) is 5.35. The molecule has 2 unspecified atom stereocenters. The van der Waals surface area contributed by atoms with Gasteiger partial charge in [0.05, 0.1) is 12.5 Å². The lowest BCUT2D eigenvalue weighted by atomic mass is 9.95. The molecule has 1 fully saturated rings. The largest absolute Gasteiger partial charge is 0.391 e. The Hall–Kier alpha value is -1.06. The second kappa shape index (κ2) is 5.72. The molecule has 0 bridgehead atoms. The Labute approximate surface area is 112 Å². The predicted octanol–water partition coefficient (Wildman–Crippen LogP) is 2.11. The van der Waals surface area contributed by atoms with Crippen LogP contribution in [0.2, 0.25) is 5.02 Å². The molecule has 1 aromatic rings. The predicted molar refractivity (Wildman–Crippen MR) is 71.5 cm³/mol. The van der Waals surface area contributed by atoms with Crippen molar-refractivity contribution in [2.24, 2.45) is 5.92 Å². The van der Waals surface area contributed by atoms with Gasteiger partial charge in [-0.2, -0.15) is 0 Å². The van der Waals surface area contributed by atoms with Crippen LogP contribution in [0.1, 0.15) is 18.9 Å². The van der Waals surface area contributed by atoms with E-state index in [0.717, 1.165) is 18.5 Å². The number of nitrogens with zero attached hydrogens (tertiary/aromatic N) is 1. The van der Waals surface area contributed by atoms with Crippen molar-refractivity contribution in [3.8, 4) is 0 Å². The molecule has 1 amide bonds. The van der Waals surface area contributed by atoms with Crippen LogP contribution in [-0.2, 0) is 11.2 Å². The molecule has 3 nitrogen and oxygen atoms in total. The van der Waals surface area contributed by atoms with Crippen molar-refractivity contribution < 1.29 is 9.90 Å². The molecule has 2 atom stereocenters. The summed E-state index contributed by atoms with van der Waals surface area (Å²) in [6, 6.07) is 7.38. The summed E-state index contributed by atoms with van der Waals surface area (Å²) in [7, 11) is 0. The maximum atomic E-state index is 12.1. The van der Waals surface area contributed by atoms with Crippen molar-refractivity contribution in [1.29, 1.82) is 0 Å². The van der Waals surface area contributed by atoms with Crippen molar-refractivity contribution >= 4 is 17.5 Å². The standard InChI is InChI=1S/C14H18ClNO2/c1-10-6-7-16(9-13(10)17)14(18)8-11-4-2-3-5-12(11)15/h2-5,10,13,17H,6-9H2,1H3. The molecule has 1 saturated heterocycles. The van der Waals surface area contributed by atoms with Crippen LogP contribution >= 0.6 is 11.6 Å². The number of piperidine rings is 1. The van der Waals surface area contributed by atoms with Gasteiger partial charge in [0, 0.05) is 18.1 Å². The zero-order chi connectivity index (χ0) is 13.1. The fraction of sp³-hybridized carbons (Fsp3) is 0.500. The second-order valence-electron chi connectivity index (χ2n) is 4.94. The summed E-state index contributed by atoms with van der Waals surface area (Å²) >= 11 is 6.04. The molecule has 0 aromatic heterocycles. The summed E-state index contributed by atoms with van der Waals surface area (Å²) < 4.78 is 0. The van der Waals surface area contributed by atoms with Gasteiger partial charge >= 0.3 is 0 Å². The molecule has 0 saturated carbocycles. The van der Waals surface area contributed by atoms with Gasteiger partial charge in [-0.3, -0.25) is 4.79 Å². The average Bonchev–Trinajstić information content (AvgIpc) is 2.35. The third kappa shape index (κ3) is 3.03. The molecule has 1 aromatic carbocycles. The molecule has 4 heteroatoms. The number of aliphatic hydroxyl groups is 1. The number of rotatable bonds is 2. The Morgan fingerprint density at radius 3 is 2.89 bits per heavy atom. The van der Waals surface area contributed by atoms with Gasteiger partial charge < -0.3 is 10.0 Å². The van der Waals surface area contributed by atoms with Gasteiger partial charge in [0.1, 0.15) is 0 Å². The van der Waals surface area contributed by atoms with E-state index >= 15 is 0 Å². The third-order valence-corrected chi connectivity index (χ3v) is 3.94. The third-order valence-electron chi connectivity index (χ3n) is 3.57. The summed E-state index contributed by atoms with van der Waals surface area (Å²) in [4.78, 5) is 13.9. The van der Waals surface area contributed by atoms with Gasteiger partial charge in [-0.05, 0) is 24.0 Å². The fourth-order valence-corrected chi connectivity index (χ4v) is 2.39. The number of benzene rings is 1. The molecule has 18 heavy (non-hydrogen) atoms. The average molecular weight is 268 g/mol. The van der Waals surface area contributed by atoms with Crippen molar-refractivity contribution in [2.75, 3.05) is 13.1 Å². The van der Waals surface area contributed by atoms with E-state index in [9.17, 15) is 9.90 Å². The van der Waals surface area contributed by atoms with Gasteiger partial charge in [0.2, 0.25) is 5.91 Å². The minimum Gasteiger partial charge on any atom is -0.391 e. The van der Waals surface area contributed by atoms with Crippen LogP contribution in [-0.4, -0.2) is 35.1 Å². The first kappa shape index (κ1) is 13.4. The maximum absolute atomic E-state index is 12.1. The van der Waals surface area contributed by atoms with E-state index in [4.69, 9.17) is 11.6 Å². The smallest absolute Gasteiger partial charge is 0.227 e. The van der Waals surface area contributed by atoms with E-state index < -0.39 is 6.10 Å². The van der Waals surface area contributed by atoms with Crippen molar-refractivity contribution in [3.63, 3.8) is 0 Å². The van der Waals surface area contributed by atoms with E-state index in [1.807, 2.05) is 25.1 Å². The molecule has 1 N–H and O–H groups in total. The number of amides is 1. The number of aliphatic hydroxyl groups excluding tert-OH is 1. The molecule has 2 rings (SSSR count). The Bertz CT molecular complexity index is 436. The van der Waals surface area contributed by atoms with E-state index in [2.05, 4.69) is 0 Å². The Morgan fingerprint density at radius 2 is 2.22 bits per heavy atom. The SMILES string of the molecule is CC1CCN(C(=O)Cc2ccccc2Cl)CC1O. The van der Waals surface area contributed by atoms with Crippen molar-refractivity contribution in [1.82, 2.24) is 4.90 Å². The molecule has 0 spiro atoms.